The first-order chi connectivity index (χ1) is 14.8. The zero-order valence-electron chi connectivity index (χ0n) is 18.1. The van der Waals surface area contributed by atoms with Crippen molar-refractivity contribution in [2.24, 2.45) is 5.92 Å². The van der Waals surface area contributed by atoms with Crippen molar-refractivity contribution in [3.63, 3.8) is 0 Å². The molecule has 1 atom stereocenters. The van der Waals surface area contributed by atoms with E-state index in [2.05, 4.69) is 10.6 Å². The molecule has 1 aliphatic rings. The fourth-order valence-electron chi connectivity index (χ4n) is 3.36. The van der Waals surface area contributed by atoms with Gasteiger partial charge in [-0.15, -0.1) is 0 Å². The van der Waals surface area contributed by atoms with Crippen LogP contribution in [-0.4, -0.2) is 35.0 Å². The molecule has 1 amide bonds. The van der Waals surface area contributed by atoms with Crippen LogP contribution in [0.15, 0.2) is 58.3 Å². The molecule has 3 rings (SSSR count). The Morgan fingerprint density at radius 2 is 1.97 bits per heavy atom. The van der Waals surface area contributed by atoms with Crippen molar-refractivity contribution < 1.29 is 18.7 Å². The van der Waals surface area contributed by atoms with Gasteiger partial charge in [-0.25, -0.2) is 4.79 Å². The van der Waals surface area contributed by atoms with Crippen LogP contribution < -0.4 is 10.6 Å². The molecular formula is C23H27N3O4S. The monoisotopic (exact) mass is 441 g/mol. The number of allylic oxidation sites excluding steroid dienone is 1. The van der Waals surface area contributed by atoms with Gasteiger partial charge >= 0.3 is 5.97 Å². The van der Waals surface area contributed by atoms with E-state index in [0.29, 0.717) is 29.5 Å². The molecule has 0 saturated carbocycles. The second-order valence-corrected chi connectivity index (χ2v) is 8.06. The molecule has 2 heterocycles. The molecule has 1 aromatic carbocycles. The van der Waals surface area contributed by atoms with Crippen molar-refractivity contribution >= 4 is 34.9 Å². The average Bonchev–Trinajstić information content (AvgIpc) is 3.27. The molecule has 164 valence electrons. The molecule has 8 heteroatoms. The summed E-state index contributed by atoms with van der Waals surface area (Å²) in [5.41, 5.74) is 2.76. The van der Waals surface area contributed by atoms with Gasteiger partial charge < -0.3 is 24.7 Å². The number of furan rings is 1. The van der Waals surface area contributed by atoms with E-state index in [1.807, 2.05) is 44.7 Å². The topological polar surface area (TPSA) is 83.8 Å². The van der Waals surface area contributed by atoms with Gasteiger partial charge in [-0.2, -0.15) is 0 Å². The third kappa shape index (κ3) is 5.14. The Kier molecular flexibility index (Phi) is 7.12. The summed E-state index contributed by atoms with van der Waals surface area (Å²) in [6, 6.07) is 10.1. The molecule has 31 heavy (non-hydrogen) atoms. The molecule has 0 fully saturated rings. The smallest absolute Gasteiger partial charge is 0.338 e. The van der Waals surface area contributed by atoms with E-state index in [4.69, 9.17) is 21.4 Å². The van der Waals surface area contributed by atoms with Crippen LogP contribution in [0.2, 0.25) is 0 Å². The summed E-state index contributed by atoms with van der Waals surface area (Å²) in [6.07, 6.45) is 1.45. The molecule has 1 aliphatic heterocycles. The van der Waals surface area contributed by atoms with Crippen LogP contribution in [0.5, 0.6) is 0 Å². The van der Waals surface area contributed by atoms with Gasteiger partial charge in [0.15, 0.2) is 10.9 Å². The first-order valence-electron chi connectivity index (χ1n) is 10.2. The molecule has 7 nitrogen and oxygen atoms in total. The van der Waals surface area contributed by atoms with Gasteiger partial charge in [0.1, 0.15) is 0 Å². The van der Waals surface area contributed by atoms with Crippen LogP contribution in [0.3, 0.4) is 0 Å². The Labute approximate surface area is 187 Å². The van der Waals surface area contributed by atoms with Gasteiger partial charge in [-0.05, 0) is 61.8 Å². The quantitative estimate of drug-likeness (QED) is 0.491. The Morgan fingerprint density at radius 3 is 2.55 bits per heavy atom. The average molecular weight is 442 g/mol. The number of ether oxygens (including phenoxy) is 1. The van der Waals surface area contributed by atoms with E-state index >= 15 is 0 Å². The number of rotatable bonds is 7. The van der Waals surface area contributed by atoms with E-state index < -0.39 is 6.04 Å². The number of esters is 1. The summed E-state index contributed by atoms with van der Waals surface area (Å²) in [7, 11) is 0. The minimum absolute atomic E-state index is 0.233. The SMILES string of the molecule is CCN1C(=S)N[C@@H](c2ccc(NC(=O)c3ccco3)cc2)C(C(=O)OCC(C)C)=C1C. The molecule has 0 aliphatic carbocycles. The van der Waals surface area contributed by atoms with Gasteiger partial charge in [-0.1, -0.05) is 26.0 Å². The third-order valence-corrected chi connectivity index (χ3v) is 5.27. The number of amides is 1. The van der Waals surface area contributed by atoms with Crippen molar-refractivity contribution in [2.75, 3.05) is 18.5 Å². The Balaban J connectivity index is 1.86. The number of thiocarbonyl (C=S) groups is 1. The van der Waals surface area contributed by atoms with E-state index in [9.17, 15) is 9.59 Å². The van der Waals surface area contributed by atoms with Crippen molar-refractivity contribution in [3.8, 4) is 0 Å². The van der Waals surface area contributed by atoms with Crippen molar-refractivity contribution in [1.29, 1.82) is 0 Å². The summed E-state index contributed by atoms with van der Waals surface area (Å²) in [5.74, 6) is -0.223. The molecule has 0 saturated heterocycles. The molecule has 2 N–H and O–H groups in total. The number of carbonyl (C=O) groups excluding carboxylic acids is 2. The lowest BCUT2D eigenvalue weighted by Crippen LogP contribution is -2.47. The fourth-order valence-corrected chi connectivity index (χ4v) is 3.74. The maximum atomic E-state index is 13.0. The predicted molar refractivity (Wildman–Crippen MR) is 122 cm³/mol. The molecule has 1 aromatic heterocycles. The highest BCUT2D eigenvalue weighted by molar-refractivity contribution is 7.80. The number of nitrogens with one attached hydrogen (secondary N) is 2. The number of carbonyl (C=O) groups is 2. The maximum Gasteiger partial charge on any atom is 0.338 e. The Morgan fingerprint density at radius 1 is 1.26 bits per heavy atom. The number of hydrogen-bond donors (Lipinski definition) is 2. The van der Waals surface area contributed by atoms with Gasteiger partial charge in [0.25, 0.3) is 5.91 Å². The van der Waals surface area contributed by atoms with Crippen LogP contribution >= 0.6 is 12.2 Å². The maximum absolute atomic E-state index is 13.0. The summed E-state index contributed by atoms with van der Waals surface area (Å²) in [6.45, 7) is 8.83. The van der Waals surface area contributed by atoms with Crippen LogP contribution in [0.4, 0.5) is 5.69 Å². The Hall–Kier alpha value is -3.13. The largest absolute Gasteiger partial charge is 0.462 e. The van der Waals surface area contributed by atoms with Gasteiger partial charge in [0, 0.05) is 17.9 Å². The summed E-state index contributed by atoms with van der Waals surface area (Å²) < 4.78 is 10.6. The van der Waals surface area contributed by atoms with Gasteiger partial charge in [0.2, 0.25) is 0 Å². The van der Waals surface area contributed by atoms with Gasteiger partial charge in [0.05, 0.1) is 24.5 Å². The van der Waals surface area contributed by atoms with Crippen molar-refractivity contribution in [1.82, 2.24) is 10.2 Å². The lowest BCUT2D eigenvalue weighted by atomic mass is 9.94. The molecule has 0 radical (unpaired) electrons. The zero-order valence-corrected chi connectivity index (χ0v) is 18.9. The summed E-state index contributed by atoms with van der Waals surface area (Å²) >= 11 is 5.52. The summed E-state index contributed by atoms with van der Waals surface area (Å²) in [5, 5.41) is 6.60. The number of anilines is 1. The molecular weight excluding hydrogens is 414 g/mol. The second kappa shape index (κ2) is 9.78. The highest BCUT2D eigenvalue weighted by atomic mass is 32.1. The normalized spacial score (nSPS) is 16.4. The molecule has 2 aromatic rings. The zero-order chi connectivity index (χ0) is 22.5. The summed E-state index contributed by atoms with van der Waals surface area (Å²) in [4.78, 5) is 27.0. The second-order valence-electron chi connectivity index (χ2n) is 7.67. The van der Waals surface area contributed by atoms with E-state index in [1.165, 1.54) is 6.26 Å². The first kappa shape index (κ1) is 22.6. The highest BCUT2D eigenvalue weighted by Gasteiger charge is 2.34. The van der Waals surface area contributed by atoms with Crippen LogP contribution in [0.1, 0.15) is 49.9 Å². The van der Waals surface area contributed by atoms with Crippen LogP contribution in [0.25, 0.3) is 0 Å². The first-order valence-corrected chi connectivity index (χ1v) is 10.6. The minimum Gasteiger partial charge on any atom is -0.462 e. The predicted octanol–water partition coefficient (Wildman–Crippen LogP) is 4.26. The number of nitrogens with zero attached hydrogens (tertiary/aromatic N) is 1. The van der Waals surface area contributed by atoms with E-state index in [0.717, 1.165) is 11.3 Å². The Bertz CT molecular complexity index is 981. The van der Waals surface area contributed by atoms with Crippen LogP contribution in [-0.2, 0) is 9.53 Å². The van der Waals surface area contributed by atoms with Crippen molar-refractivity contribution in [2.45, 2.75) is 33.7 Å². The fraction of sp³-hybridized carbons (Fsp3) is 0.348. The lowest BCUT2D eigenvalue weighted by molar-refractivity contribution is -0.140. The highest BCUT2D eigenvalue weighted by Crippen LogP contribution is 2.32. The van der Waals surface area contributed by atoms with Crippen LogP contribution in [0, 0.1) is 5.92 Å². The molecule has 0 unspecified atom stereocenters. The minimum atomic E-state index is -0.440. The standard InChI is InChI=1S/C23H27N3O4S/c1-5-26-15(4)19(22(28)30-13-14(2)3)20(25-23(26)31)16-8-10-17(11-9-16)24-21(27)18-7-6-12-29-18/h6-12,14,20H,5,13H2,1-4H3,(H,24,27)(H,25,31)/t20-/m0/s1. The lowest BCUT2D eigenvalue weighted by Gasteiger charge is -2.37. The van der Waals surface area contributed by atoms with E-state index in [-0.39, 0.29) is 23.6 Å². The van der Waals surface area contributed by atoms with E-state index in [1.54, 1.807) is 24.3 Å². The number of hydrogen-bond acceptors (Lipinski definition) is 5. The molecule has 0 bridgehead atoms. The van der Waals surface area contributed by atoms with Crippen molar-refractivity contribution in [3.05, 3.63) is 65.3 Å². The number of benzene rings is 1. The molecule has 0 spiro atoms. The van der Waals surface area contributed by atoms with Gasteiger partial charge in [-0.3, -0.25) is 4.79 Å². The third-order valence-electron chi connectivity index (χ3n) is 4.93.